The van der Waals surface area contributed by atoms with E-state index in [-0.39, 0.29) is 18.5 Å². The molecule has 0 spiro atoms. The number of hydrogen-bond acceptors (Lipinski definition) is 3. The van der Waals surface area contributed by atoms with E-state index in [9.17, 15) is 9.59 Å². The maximum atomic E-state index is 11.9. The Morgan fingerprint density at radius 2 is 1.95 bits per heavy atom. The van der Waals surface area contributed by atoms with E-state index in [2.05, 4.69) is 28.8 Å². The van der Waals surface area contributed by atoms with Crippen molar-refractivity contribution in [2.75, 3.05) is 6.67 Å². The maximum Gasteiger partial charge on any atom is 0.248 e. The van der Waals surface area contributed by atoms with Crippen molar-refractivity contribution in [2.45, 2.75) is 13.8 Å². The SMILES string of the molecule is C=Cc1ccnc(C=C(C)C(=O)NCNC(=O)C(=C)C)c1. The Morgan fingerprint density at radius 3 is 2.57 bits per heavy atom. The lowest BCUT2D eigenvalue weighted by atomic mass is 10.1. The number of hydrogen-bond donors (Lipinski definition) is 2. The zero-order chi connectivity index (χ0) is 15.8. The predicted octanol–water partition coefficient (Wildman–Crippen LogP) is 1.89. The molecule has 110 valence electrons. The monoisotopic (exact) mass is 285 g/mol. The lowest BCUT2D eigenvalue weighted by Crippen LogP contribution is -2.37. The lowest BCUT2D eigenvalue weighted by Gasteiger charge is -2.07. The smallest absolute Gasteiger partial charge is 0.248 e. The fraction of sp³-hybridized carbons (Fsp3) is 0.188. The number of nitrogens with one attached hydrogen (secondary N) is 2. The largest absolute Gasteiger partial charge is 0.335 e. The molecule has 0 atom stereocenters. The first-order valence-electron chi connectivity index (χ1n) is 6.42. The molecular weight excluding hydrogens is 266 g/mol. The maximum absolute atomic E-state index is 11.9. The molecule has 0 aliphatic carbocycles. The van der Waals surface area contributed by atoms with E-state index in [4.69, 9.17) is 0 Å². The average Bonchev–Trinajstić information content (AvgIpc) is 2.46. The Morgan fingerprint density at radius 1 is 1.29 bits per heavy atom. The zero-order valence-corrected chi connectivity index (χ0v) is 12.3. The van der Waals surface area contributed by atoms with E-state index >= 15 is 0 Å². The fourth-order valence-corrected chi connectivity index (χ4v) is 1.45. The van der Waals surface area contributed by atoms with Gasteiger partial charge in [0, 0.05) is 17.3 Å². The molecule has 0 aliphatic heterocycles. The molecule has 1 aromatic heterocycles. The topological polar surface area (TPSA) is 71.1 Å². The molecule has 0 aliphatic rings. The molecule has 1 aromatic rings. The summed E-state index contributed by atoms with van der Waals surface area (Å²) >= 11 is 0. The minimum atomic E-state index is -0.294. The van der Waals surface area contributed by atoms with Crippen LogP contribution < -0.4 is 10.6 Å². The Balaban J connectivity index is 2.60. The number of rotatable bonds is 6. The molecule has 0 saturated heterocycles. The van der Waals surface area contributed by atoms with Gasteiger partial charge in [-0.3, -0.25) is 14.6 Å². The van der Waals surface area contributed by atoms with E-state index in [1.165, 1.54) is 0 Å². The highest BCUT2D eigenvalue weighted by molar-refractivity contribution is 5.97. The van der Waals surface area contributed by atoms with Crippen LogP contribution in [0.5, 0.6) is 0 Å². The third-order valence-electron chi connectivity index (χ3n) is 2.65. The average molecular weight is 285 g/mol. The van der Waals surface area contributed by atoms with E-state index < -0.39 is 0 Å². The second kappa shape index (κ2) is 7.79. The Bertz CT molecular complexity index is 603. The number of nitrogens with zero attached hydrogens (tertiary/aromatic N) is 1. The van der Waals surface area contributed by atoms with Crippen LogP contribution in [0, 0.1) is 0 Å². The van der Waals surface area contributed by atoms with Gasteiger partial charge in [0.25, 0.3) is 0 Å². The number of aromatic nitrogens is 1. The van der Waals surface area contributed by atoms with Crippen molar-refractivity contribution in [1.29, 1.82) is 0 Å². The molecular formula is C16H19N3O2. The van der Waals surface area contributed by atoms with E-state index in [1.54, 1.807) is 32.2 Å². The first-order chi connectivity index (χ1) is 9.93. The first kappa shape index (κ1) is 16.4. The Labute approximate surface area is 124 Å². The van der Waals surface area contributed by atoms with Gasteiger partial charge in [-0.1, -0.05) is 19.2 Å². The standard InChI is InChI=1S/C16H19N3O2/c1-5-13-6-7-17-14(9-13)8-12(4)16(21)19-10-18-15(20)11(2)3/h5-9H,1-2,10H2,3-4H3,(H,18,20)(H,19,21). The molecule has 2 amide bonds. The van der Waals surface area contributed by atoms with Crippen LogP contribution in [0.25, 0.3) is 12.2 Å². The highest BCUT2D eigenvalue weighted by Crippen LogP contribution is 2.07. The van der Waals surface area contributed by atoms with Crippen molar-refractivity contribution in [3.63, 3.8) is 0 Å². The molecule has 5 nitrogen and oxygen atoms in total. The van der Waals surface area contributed by atoms with Crippen LogP contribution in [0.4, 0.5) is 0 Å². The summed E-state index contributed by atoms with van der Waals surface area (Å²) in [5, 5.41) is 5.11. The second-order valence-corrected chi connectivity index (χ2v) is 4.51. The van der Waals surface area contributed by atoms with Gasteiger partial charge < -0.3 is 10.6 Å². The third-order valence-corrected chi connectivity index (χ3v) is 2.65. The van der Waals surface area contributed by atoms with Gasteiger partial charge in [-0.05, 0) is 37.6 Å². The van der Waals surface area contributed by atoms with Gasteiger partial charge in [0.15, 0.2) is 0 Å². The van der Waals surface area contributed by atoms with Crippen molar-refractivity contribution >= 4 is 24.0 Å². The lowest BCUT2D eigenvalue weighted by molar-refractivity contribution is -0.119. The van der Waals surface area contributed by atoms with Gasteiger partial charge in [-0.25, -0.2) is 0 Å². The molecule has 0 unspecified atom stereocenters. The molecule has 1 heterocycles. The third kappa shape index (κ3) is 5.44. The highest BCUT2D eigenvalue weighted by Gasteiger charge is 2.05. The molecule has 21 heavy (non-hydrogen) atoms. The van der Waals surface area contributed by atoms with Gasteiger partial charge in [0.05, 0.1) is 12.4 Å². The molecule has 0 aromatic carbocycles. The van der Waals surface area contributed by atoms with Gasteiger partial charge in [-0.2, -0.15) is 0 Å². The molecule has 0 fully saturated rings. The van der Waals surface area contributed by atoms with E-state index in [0.29, 0.717) is 16.8 Å². The van der Waals surface area contributed by atoms with Crippen molar-refractivity contribution in [1.82, 2.24) is 15.6 Å². The Kier molecular flexibility index (Phi) is 6.07. The first-order valence-corrected chi connectivity index (χ1v) is 6.42. The van der Waals surface area contributed by atoms with Crippen LogP contribution >= 0.6 is 0 Å². The van der Waals surface area contributed by atoms with Crippen LogP contribution in [0.3, 0.4) is 0 Å². The summed E-state index contributed by atoms with van der Waals surface area (Å²) in [7, 11) is 0. The summed E-state index contributed by atoms with van der Waals surface area (Å²) in [6.45, 7) is 10.5. The minimum absolute atomic E-state index is 0.0514. The normalized spacial score (nSPS) is 10.7. The minimum Gasteiger partial charge on any atom is -0.335 e. The number of pyridine rings is 1. The van der Waals surface area contributed by atoms with Gasteiger partial charge >= 0.3 is 0 Å². The summed E-state index contributed by atoms with van der Waals surface area (Å²) < 4.78 is 0. The summed E-state index contributed by atoms with van der Waals surface area (Å²) in [6.07, 6.45) is 5.03. The van der Waals surface area contributed by atoms with Gasteiger partial charge in [0.2, 0.25) is 11.8 Å². The number of amides is 2. The predicted molar refractivity (Wildman–Crippen MR) is 83.9 cm³/mol. The van der Waals surface area contributed by atoms with Crippen molar-refractivity contribution in [2.24, 2.45) is 0 Å². The quantitative estimate of drug-likeness (QED) is 0.619. The molecule has 5 heteroatoms. The van der Waals surface area contributed by atoms with Gasteiger partial charge in [0.1, 0.15) is 0 Å². The molecule has 0 saturated carbocycles. The highest BCUT2D eigenvalue weighted by atomic mass is 16.2. The number of carbonyl (C=O) groups is 2. The number of carbonyl (C=O) groups excluding carboxylic acids is 2. The summed E-state index contributed by atoms with van der Waals surface area (Å²) in [5.74, 6) is -0.569. The van der Waals surface area contributed by atoms with Crippen LogP contribution in [-0.2, 0) is 9.59 Å². The van der Waals surface area contributed by atoms with Crippen LogP contribution in [0.15, 0.2) is 42.6 Å². The molecule has 1 rings (SSSR count). The molecule has 0 bridgehead atoms. The molecule has 0 radical (unpaired) electrons. The summed E-state index contributed by atoms with van der Waals surface area (Å²) in [5.41, 5.74) is 2.49. The summed E-state index contributed by atoms with van der Waals surface area (Å²) in [4.78, 5) is 27.3. The molecule has 2 N–H and O–H groups in total. The van der Waals surface area contributed by atoms with Crippen LogP contribution in [0.2, 0.25) is 0 Å². The Hall–Kier alpha value is -2.69. The van der Waals surface area contributed by atoms with Crippen LogP contribution in [0.1, 0.15) is 25.1 Å². The van der Waals surface area contributed by atoms with Crippen molar-refractivity contribution in [3.8, 4) is 0 Å². The van der Waals surface area contributed by atoms with Crippen molar-refractivity contribution < 1.29 is 9.59 Å². The van der Waals surface area contributed by atoms with Crippen molar-refractivity contribution in [3.05, 3.63) is 53.9 Å². The fourth-order valence-electron chi connectivity index (χ4n) is 1.45. The van der Waals surface area contributed by atoms with Gasteiger partial charge in [-0.15, -0.1) is 0 Å². The zero-order valence-electron chi connectivity index (χ0n) is 12.3. The van der Waals surface area contributed by atoms with Crippen LogP contribution in [-0.4, -0.2) is 23.5 Å². The summed E-state index contributed by atoms with van der Waals surface area (Å²) in [6, 6.07) is 3.65. The van der Waals surface area contributed by atoms with E-state index in [1.807, 2.05) is 12.1 Å². The second-order valence-electron chi connectivity index (χ2n) is 4.51. The van der Waals surface area contributed by atoms with E-state index in [0.717, 1.165) is 5.56 Å².